The van der Waals surface area contributed by atoms with Gasteiger partial charge in [0.05, 0.1) is 12.1 Å². The topological polar surface area (TPSA) is 167 Å². The van der Waals surface area contributed by atoms with Crippen LogP contribution in [0.5, 0.6) is 0 Å². The van der Waals surface area contributed by atoms with Gasteiger partial charge in [0.25, 0.3) is 5.91 Å². The van der Waals surface area contributed by atoms with E-state index in [0.29, 0.717) is 37.1 Å². The van der Waals surface area contributed by atoms with E-state index < -0.39 is 52.7 Å². The molecule has 0 saturated carbocycles. The molecule has 3 amide bonds. The van der Waals surface area contributed by atoms with Crippen molar-refractivity contribution in [2.45, 2.75) is 56.6 Å². The molecule has 14 nitrogen and oxygen atoms in total. The van der Waals surface area contributed by atoms with Crippen LogP contribution in [0.2, 0.25) is 0 Å². The molecule has 3 aromatic rings. The number of carbonyl (C=O) groups is 2. The zero-order valence-corrected chi connectivity index (χ0v) is 23.4. The fourth-order valence-corrected chi connectivity index (χ4v) is 6.74. The van der Waals surface area contributed by atoms with Crippen LogP contribution in [0, 0.1) is 0 Å². The van der Waals surface area contributed by atoms with Crippen molar-refractivity contribution >= 4 is 38.8 Å². The highest BCUT2D eigenvalue weighted by molar-refractivity contribution is 7.90. The normalized spacial score (nSPS) is 27.7. The van der Waals surface area contributed by atoms with Crippen molar-refractivity contribution in [2.24, 2.45) is 0 Å². The lowest BCUT2D eigenvalue weighted by Crippen LogP contribution is -2.48. The molecule has 5 heterocycles. The Morgan fingerprint density at radius 3 is 2.61 bits per heavy atom. The molecule has 218 valence electrons. The number of sulfone groups is 1. The van der Waals surface area contributed by atoms with Crippen LogP contribution in [0.25, 0.3) is 11.2 Å². The van der Waals surface area contributed by atoms with E-state index >= 15 is 0 Å². The summed E-state index contributed by atoms with van der Waals surface area (Å²) < 4.78 is 44.7. The molecule has 1 aromatic carbocycles. The van der Waals surface area contributed by atoms with E-state index in [4.69, 9.17) is 14.2 Å². The van der Waals surface area contributed by atoms with Crippen molar-refractivity contribution in [1.29, 1.82) is 0 Å². The first-order valence-electron chi connectivity index (χ1n) is 13.5. The van der Waals surface area contributed by atoms with Gasteiger partial charge in [-0.25, -0.2) is 28.2 Å². The lowest BCUT2D eigenvalue weighted by atomic mass is 10.1. The summed E-state index contributed by atoms with van der Waals surface area (Å²) in [6.45, 7) is 2.66. The fraction of sp³-hybridized carbons (Fsp3) is 0.500. The second-order valence-electron chi connectivity index (χ2n) is 10.3. The van der Waals surface area contributed by atoms with Gasteiger partial charge < -0.3 is 24.4 Å². The Balaban J connectivity index is 1.33. The summed E-state index contributed by atoms with van der Waals surface area (Å²) in [5.41, 5.74) is 1.49. The second-order valence-corrected chi connectivity index (χ2v) is 12.5. The highest BCUT2D eigenvalue weighted by Gasteiger charge is 2.57. The average molecular weight is 586 g/mol. The number of nitrogens with zero attached hydrogens (tertiary/aromatic N) is 5. The van der Waals surface area contributed by atoms with E-state index in [1.54, 1.807) is 16.4 Å². The molecule has 6 atom stereocenters. The highest BCUT2D eigenvalue weighted by Crippen LogP contribution is 2.45. The monoisotopic (exact) mass is 585 g/mol. The van der Waals surface area contributed by atoms with Crippen LogP contribution in [0.4, 0.5) is 10.6 Å². The molecular weight excluding hydrogens is 554 g/mol. The molecule has 6 unspecified atom stereocenters. The minimum Gasteiger partial charge on any atom is -0.339 e. The smallest absolute Gasteiger partial charge is 0.320 e. The van der Waals surface area contributed by atoms with Gasteiger partial charge in [-0.1, -0.05) is 30.3 Å². The van der Waals surface area contributed by atoms with E-state index in [-0.39, 0.29) is 17.5 Å². The average Bonchev–Trinajstić information content (AvgIpc) is 3.72. The third kappa shape index (κ3) is 5.37. The molecular formula is C26H31N7O7S. The van der Waals surface area contributed by atoms with Gasteiger partial charge in [0, 0.05) is 31.0 Å². The first kappa shape index (κ1) is 27.5. The summed E-state index contributed by atoms with van der Waals surface area (Å²) in [4.78, 5) is 40.6. The molecule has 2 N–H and O–H groups in total. The minimum absolute atomic E-state index is 0.114. The number of ether oxygens (including phenoxy) is 3. The van der Waals surface area contributed by atoms with Crippen LogP contribution in [0.15, 0.2) is 43.0 Å². The number of likely N-dealkylation sites (tertiary alicyclic amines) is 1. The number of fused-ring (bicyclic) bond motifs is 2. The van der Waals surface area contributed by atoms with Gasteiger partial charge in [-0.3, -0.25) is 14.7 Å². The van der Waals surface area contributed by atoms with Crippen molar-refractivity contribution in [3.8, 4) is 0 Å². The summed E-state index contributed by atoms with van der Waals surface area (Å²) in [6.07, 6.45) is 1.14. The Bertz CT molecular complexity index is 1550. The van der Waals surface area contributed by atoms with Gasteiger partial charge in [-0.15, -0.1) is 0 Å². The Morgan fingerprint density at radius 2 is 1.85 bits per heavy atom. The number of nitrogens with one attached hydrogen (secondary N) is 2. The molecule has 3 fully saturated rings. The molecule has 0 radical (unpaired) electrons. The predicted molar refractivity (Wildman–Crippen MR) is 145 cm³/mol. The number of aromatic nitrogens is 4. The number of rotatable bonds is 7. The van der Waals surface area contributed by atoms with E-state index in [9.17, 15) is 18.0 Å². The molecule has 0 bridgehead atoms. The number of urea groups is 1. The van der Waals surface area contributed by atoms with E-state index in [0.717, 1.165) is 5.56 Å². The Morgan fingerprint density at radius 1 is 1.07 bits per heavy atom. The van der Waals surface area contributed by atoms with Gasteiger partial charge in [0.1, 0.15) is 28.4 Å². The van der Waals surface area contributed by atoms with Crippen LogP contribution in [0.3, 0.4) is 0 Å². The van der Waals surface area contributed by atoms with E-state index in [1.807, 2.05) is 30.3 Å². The summed E-state index contributed by atoms with van der Waals surface area (Å²) in [5, 5.41) is 5.32. The van der Waals surface area contributed by atoms with Crippen molar-refractivity contribution in [3.05, 3.63) is 48.5 Å². The predicted octanol–water partition coefficient (Wildman–Crippen LogP) is 1.38. The van der Waals surface area contributed by atoms with Gasteiger partial charge in [0.2, 0.25) is 0 Å². The minimum atomic E-state index is -3.30. The number of hydrogen-bond donors (Lipinski definition) is 2. The van der Waals surface area contributed by atoms with Gasteiger partial charge >= 0.3 is 6.03 Å². The summed E-state index contributed by atoms with van der Waals surface area (Å²) >= 11 is 0. The van der Waals surface area contributed by atoms with Crippen LogP contribution in [0.1, 0.15) is 37.8 Å². The van der Waals surface area contributed by atoms with Crippen molar-refractivity contribution in [3.63, 3.8) is 0 Å². The lowest BCUT2D eigenvalue weighted by molar-refractivity contribution is -0.169. The standard InChI is InChI=1S/C26H31N7O7S/c1-3-27-26(35)31-21-17-22(29-13-28-21)33(14-30-17)24-20-18(39-25(40-20)15-8-5-4-6-9-15)19(38-24)23(34)32-11-7-10-16(32)12-41(2,36)37/h4-6,8-9,13-14,16,18-20,24-25H,3,7,10-12H2,1-2H3,(H2,27,28,29,31,35). The largest absolute Gasteiger partial charge is 0.339 e. The van der Waals surface area contributed by atoms with E-state index in [1.165, 1.54) is 18.9 Å². The Labute approximate surface area is 236 Å². The maximum absolute atomic E-state index is 13.9. The summed E-state index contributed by atoms with van der Waals surface area (Å²) in [6, 6.07) is 8.51. The molecule has 41 heavy (non-hydrogen) atoms. The molecule has 15 heteroatoms. The van der Waals surface area contributed by atoms with Gasteiger partial charge in [-0.2, -0.15) is 0 Å². The van der Waals surface area contributed by atoms with Crippen molar-refractivity contribution in [2.75, 3.05) is 30.4 Å². The van der Waals surface area contributed by atoms with Crippen molar-refractivity contribution in [1.82, 2.24) is 29.7 Å². The molecule has 3 aliphatic heterocycles. The van der Waals surface area contributed by atoms with E-state index in [2.05, 4.69) is 25.6 Å². The zero-order chi connectivity index (χ0) is 28.7. The van der Waals surface area contributed by atoms with Gasteiger partial charge in [0.15, 0.2) is 35.6 Å². The number of carbonyl (C=O) groups excluding carboxylic acids is 2. The van der Waals surface area contributed by atoms with Crippen LogP contribution in [-0.4, -0.2) is 94.2 Å². The van der Waals surface area contributed by atoms with Crippen LogP contribution < -0.4 is 10.6 Å². The summed E-state index contributed by atoms with van der Waals surface area (Å²) in [5.74, 6) is -0.242. The molecule has 3 aliphatic rings. The first-order chi connectivity index (χ1) is 19.7. The quantitative estimate of drug-likeness (QED) is 0.413. The fourth-order valence-electron chi connectivity index (χ4n) is 5.69. The van der Waals surface area contributed by atoms with Crippen LogP contribution >= 0.6 is 0 Å². The second kappa shape index (κ2) is 11.0. The third-order valence-electron chi connectivity index (χ3n) is 7.42. The summed E-state index contributed by atoms with van der Waals surface area (Å²) in [7, 11) is -3.30. The maximum Gasteiger partial charge on any atom is 0.320 e. The maximum atomic E-state index is 13.9. The third-order valence-corrected chi connectivity index (χ3v) is 8.41. The highest BCUT2D eigenvalue weighted by atomic mass is 32.2. The van der Waals surface area contributed by atoms with Gasteiger partial charge in [-0.05, 0) is 19.8 Å². The number of amides is 3. The van der Waals surface area contributed by atoms with Crippen LogP contribution in [-0.2, 0) is 28.8 Å². The first-order valence-corrected chi connectivity index (χ1v) is 15.5. The number of anilines is 1. The van der Waals surface area contributed by atoms with Crippen molar-refractivity contribution < 1.29 is 32.2 Å². The zero-order valence-electron chi connectivity index (χ0n) is 22.5. The molecule has 2 aromatic heterocycles. The number of benzene rings is 1. The molecule has 0 aliphatic carbocycles. The molecule has 6 rings (SSSR count). The Kier molecular flexibility index (Phi) is 7.36. The molecule has 0 spiro atoms. The molecule has 3 saturated heterocycles. The SMILES string of the molecule is CCNC(=O)Nc1ncnc2c1ncn2C1OC(C(=O)N2CCCC2CS(C)(=O)=O)C2OC(c3ccccc3)OC21. The number of imidazole rings is 1. The Hall–Kier alpha value is -3.66. The lowest BCUT2D eigenvalue weighted by Gasteiger charge is -2.28. The number of hydrogen-bond acceptors (Lipinski definition) is 10.